The summed E-state index contributed by atoms with van der Waals surface area (Å²) >= 11 is 0. The number of aromatic nitrogens is 2. The molecule has 4 heteroatoms. The van der Waals surface area contributed by atoms with Crippen molar-refractivity contribution < 1.29 is 0 Å². The van der Waals surface area contributed by atoms with Crippen LogP contribution < -0.4 is 5.32 Å². The van der Waals surface area contributed by atoms with Gasteiger partial charge < -0.3 is 5.32 Å². The minimum Gasteiger partial charge on any atom is -0.314 e. The molecule has 2 heterocycles. The van der Waals surface area contributed by atoms with Crippen molar-refractivity contribution in [3.8, 4) is 0 Å². The molecule has 1 unspecified atom stereocenters. The third-order valence-electron chi connectivity index (χ3n) is 4.94. The van der Waals surface area contributed by atoms with Crippen LogP contribution in [0, 0.1) is 6.92 Å². The summed E-state index contributed by atoms with van der Waals surface area (Å²) in [7, 11) is 0. The molecule has 1 aromatic heterocycles. The van der Waals surface area contributed by atoms with Gasteiger partial charge in [0.15, 0.2) is 0 Å². The highest BCUT2D eigenvalue weighted by atomic mass is 15.2. The zero-order valence-electron chi connectivity index (χ0n) is 13.4. The largest absolute Gasteiger partial charge is 0.314 e. The standard InChI is InChI=1S/C17H28N4/c1-3-16(21-10-8-18-9-11-21)17-19-13(2)12-15(20-17)14-6-4-5-7-14/h12,14,16,18H,3-11H2,1-2H3. The number of hydrogen-bond donors (Lipinski definition) is 1. The molecule has 1 saturated heterocycles. The van der Waals surface area contributed by atoms with Gasteiger partial charge in [0.1, 0.15) is 5.82 Å². The Morgan fingerprint density at radius 1 is 1.24 bits per heavy atom. The Hall–Kier alpha value is -1.00. The lowest BCUT2D eigenvalue weighted by molar-refractivity contribution is 0.162. The molecule has 1 aromatic rings. The molecule has 2 aliphatic rings. The summed E-state index contributed by atoms with van der Waals surface area (Å²) in [6.45, 7) is 8.75. The second kappa shape index (κ2) is 6.84. The molecule has 1 saturated carbocycles. The molecule has 116 valence electrons. The van der Waals surface area contributed by atoms with Crippen molar-refractivity contribution in [1.29, 1.82) is 0 Å². The Labute approximate surface area is 128 Å². The second-order valence-electron chi connectivity index (χ2n) is 6.48. The summed E-state index contributed by atoms with van der Waals surface area (Å²) in [5.41, 5.74) is 2.43. The first-order chi connectivity index (χ1) is 10.3. The minimum absolute atomic E-state index is 0.382. The molecule has 3 rings (SSSR count). The van der Waals surface area contributed by atoms with E-state index in [4.69, 9.17) is 9.97 Å². The number of hydrogen-bond acceptors (Lipinski definition) is 4. The quantitative estimate of drug-likeness (QED) is 0.925. The molecule has 21 heavy (non-hydrogen) atoms. The van der Waals surface area contributed by atoms with Crippen LogP contribution in [0.25, 0.3) is 0 Å². The van der Waals surface area contributed by atoms with E-state index in [9.17, 15) is 0 Å². The highest BCUT2D eigenvalue weighted by molar-refractivity contribution is 5.17. The second-order valence-corrected chi connectivity index (χ2v) is 6.48. The molecule has 0 aromatic carbocycles. The monoisotopic (exact) mass is 288 g/mol. The van der Waals surface area contributed by atoms with E-state index in [-0.39, 0.29) is 0 Å². The average Bonchev–Trinajstić information content (AvgIpc) is 3.03. The summed E-state index contributed by atoms with van der Waals surface area (Å²) < 4.78 is 0. The van der Waals surface area contributed by atoms with Gasteiger partial charge in [-0.15, -0.1) is 0 Å². The van der Waals surface area contributed by atoms with E-state index in [1.165, 1.54) is 31.4 Å². The van der Waals surface area contributed by atoms with Crippen LogP contribution >= 0.6 is 0 Å². The minimum atomic E-state index is 0.382. The van der Waals surface area contributed by atoms with Gasteiger partial charge in [0.2, 0.25) is 0 Å². The van der Waals surface area contributed by atoms with Gasteiger partial charge in [-0.1, -0.05) is 19.8 Å². The summed E-state index contributed by atoms with van der Waals surface area (Å²) in [5.74, 6) is 1.73. The smallest absolute Gasteiger partial charge is 0.145 e. The number of nitrogens with zero attached hydrogens (tertiary/aromatic N) is 3. The zero-order chi connectivity index (χ0) is 14.7. The third-order valence-corrected chi connectivity index (χ3v) is 4.94. The lowest BCUT2D eigenvalue weighted by atomic mass is 10.0. The molecule has 1 N–H and O–H groups in total. The summed E-state index contributed by atoms with van der Waals surface area (Å²) in [6.07, 6.45) is 6.42. The van der Waals surface area contributed by atoms with Gasteiger partial charge in [-0.25, -0.2) is 9.97 Å². The normalized spacial score (nSPS) is 22.6. The fraction of sp³-hybridized carbons (Fsp3) is 0.765. The predicted molar refractivity (Wildman–Crippen MR) is 85.5 cm³/mol. The van der Waals surface area contributed by atoms with Crippen LogP contribution in [0.5, 0.6) is 0 Å². The zero-order valence-corrected chi connectivity index (χ0v) is 13.4. The van der Waals surface area contributed by atoms with Gasteiger partial charge in [0, 0.05) is 43.5 Å². The molecular formula is C17H28N4. The molecule has 2 fully saturated rings. The van der Waals surface area contributed by atoms with Crippen LogP contribution in [0.15, 0.2) is 6.07 Å². The van der Waals surface area contributed by atoms with Crippen LogP contribution in [0.3, 0.4) is 0 Å². The summed E-state index contributed by atoms with van der Waals surface area (Å²) in [5, 5.41) is 3.43. The van der Waals surface area contributed by atoms with Crippen molar-refractivity contribution in [3.05, 3.63) is 23.3 Å². The number of nitrogens with one attached hydrogen (secondary N) is 1. The Bertz CT molecular complexity index is 462. The molecule has 0 bridgehead atoms. The Morgan fingerprint density at radius 2 is 1.95 bits per heavy atom. The maximum Gasteiger partial charge on any atom is 0.145 e. The average molecular weight is 288 g/mol. The van der Waals surface area contributed by atoms with E-state index in [0.717, 1.165) is 44.1 Å². The first kappa shape index (κ1) is 14.9. The molecular weight excluding hydrogens is 260 g/mol. The fourth-order valence-electron chi connectivity index (χ4n) is 3.79. The molecule has 1 aliphatic carbocycles. The van der Waals surface area contributed by atoms with Crippen molar-refractivity contribution in [2.75, 3.05) is 26.2 Å². The first-order valence-electron chi connectivity index (χ1n) is 8.58. The van der Waals surface area contributed by atoms with Gasteiger partial charge in [-0.2, -0.15) is 0 Å². The molecule has 0 radical (unpaired) electrons. The molecule has 1 aliphatic heterocycles. The van der Waals surface area contributed by atoms with Crippen molar-refractivity contribution in [2.45, 2.75) is 57.9 Å². The van der Waals surface area contributed by atoms with Crippen molar-refractivity contribution in [1.82, 2.24) is 20.2 Å². The van der Waals surface area contributed by atoms with E-state index >= 15 is 0 Å². The van der Waals surface area contributed by atoms with Crippen molar-refractivity contribution in [2.24, 2.45) is 0 Å². The summed E-state index contributed by atoms with van der Waals surface area (Å²) in [6, 6.07) is 2.59. The van der Waals surface area contributed by atoms with E-state index in [0.29, 0.717) is 12.0 Å². The van der Waals surface area contributed by atoms with Crippen LogP contribution in [0.4, 0.5) is 0 Å². The SMILES string of the molecule is CCC(c1nc(C)cc(C2CCCC2)n1)N1CCNCC1. The first-order valence-corrected chi connectivity index (χ1v) is 8.58. The predicted octanol–water partition coefficient (Wildman–Crippen LogP) is 2.80. The van der Waals surface area contributed by atoms with Crippen molar-refractivity contribution >= 4 is 0 Å². The van der Waals surface area contributed by atoms with Crippen LogP contribution in [0.2, 0.25) is 0 Å². The summed E-state index contributed by atoms with van der Waals surface area (Å²) in [4.78, 5) is 12.3. The number of piperazine rings is 1. The van der Waals surface area contributed by atoms with Gasteiger partial charge in [-0.05, 0) is 32.3 Å². The topological polar surface area (TPSA) is 41.1 Å². The van der Waals surface area contributed by atoms with E-state index < -0.39 is 0 Å². The highest BCUT2D eigenvalue weighted by Gasteiger charge is 2.25. The molecule has 0 spiro atoms. The number of rotatable bonds is 4. The van der Waals surface area contributed by atoms with E-state index in [1.54, 1.807) is 0 Å². The van der Waals surface area contributed by atoms with Gasteiger partial charge in [0.25, 0.3) is 0 Å². The molecule has 4 nitrogen and oxygen atoms in total. The van der Waals surface area contributed by atoms with E-state index in [1.807, 2.05) is 0 Å². The highest BCUT2D eigenvalue weighted by Crippen LogP contribution is 2.34. The van der Waals surface area contributed by atoms with Gasteiger partial charge in [0.05, 0.1) is 6.04 Å². The lowest BCUT2D eigenvalue weighted by Crippen LogP contribution is -2.45. The van der Waals surface area contributed by atoms with Crippen LogP contribution in [-0.2, 0) is 0 Å². The maximum absolute atomic E-state index is 4.99. The lowest BCUT2D eigenvalue weighted by Gasteiger charge is -2.33. The Morgan fingerprint density at radius 3 is 2.62 bits per heavy atom. The fourth-order valence-corrected chi connectivity index (χ4v) is 3.79. The van der Waals surface area contributed by atoms with Gasteiger partial charge >= 0.3 is 0 Å². The van der Waals surface area contributed by atoms with Crippen molar-refractivity contribution in [3.63, 3.8) is 0 Å². The van der Waals surface area contributed by atoms with Gasteiger partial charge in [-0.3, -0.25) is 4.90 Å². The van der Waals surface area contributed by atoms with E-state index in [2.05, 4.69) is 30.1 Å². The Kier molecular flexibility index (Phi) is 4.86. The molecule has 0 amide bonds. The Balaban J connectivity index is 1.84. The molecule has 1 atom stereocenters. The van der Waals surface area contributed by atoms with Crippen LogP contribution in [-0.4, -0.2) is 41.0 Å². The van der Waals surface area contributed by atoms with Crippen LogP contribution in [0.1, 0.15) is 68.2 Å². The number of aryl methyl sites for hydroxylation is 1. The third kappa shape index (κ3) is 3.43. The maximum atomic E-state index is 4.99.